The predicted octanol–water partition coefficient (Wildman–Crippen LogP) is 5.06. The highest BCUT2D eigenvalue weighted by atomic mass is 16.5. The number of benzene rings is 1. The summed E-state index contributed by atoms with van der Waals surface area (Å²) in [5.41, 5.74) is 8.16. The average Bonchev–Trinajstić information content (AvgIpc) is 3.51. The minimum atomic E-state index is 0.407. The number of hydrogen-bond donors (Lipinski definition) is 1. The Morgan fingerprint density at radius 1 is 1.06 bits per heavy atom. The van der Waals surface area contributed by atoms with E-state index in [1.807, 2.05) is 4.52 Å². The topological polar surface area (TPSA) is 71.3 Å². The Balaban J connectivity index is 1.32. The third-order valence-corrected chi connectivity index (χ3v) is 7.89. The van der Waals surface area contributed by atoms with Gasteiger partial charge in [0.2, 0.25) is 0 Å². The molecule has 1 N–H and O–H groups in total. The van der Waals surface area contributed by atoms with Gasteiger partial charge in [-0.2, -0.15) is 10.2 Å². The summed E-state index contributed by atoms with van der Waals surface area (Å²) in [5.74, 6) is 0.949. The molecule has 4 aromatic rings. The molecule has 7 nitrogen and oxygen atoms in total. The standard InChI is InChI=1S/C27H34N6O/c1-17(2)22-13-24-25(14-23(22)20-12-18(3)27-28-16-29-33(27)15-20)30-31-26(24)19-4-8-32(9-5-19)21-6-10-34-11-7-21/h12-17,19,21H,4-11H2,1-3H3,(H,30,31). The van der Waals surface area contributed by atoms with Gasteiger partial charge < -0.3 is 9.64 Å². The number of hydrogen-bond acceptors (Lipinski definition) is 5. The van der Waals surface area contributed by atoms with Crippen LogP contribution in [0.5, 0.6) is 0 Å². The van der Waals surface area contributed by atoms with Gasteiger partial charge in [-0.1, -0.05) is 13.8 Å². The van der Waals surface area contributed by atoms with Gasteiger partial charge in [-0.25, -0.2) is 9.50 Å². The Hall–Kier alpha value is -2.77. The van der Waals surface area contributed by atoms with E-state index in [-0.39, 0.29) is 0 Å². The molecule has 0 spiro atoms. The SMILES string of the molecule is Cc1cc(-c2cc3n[nH]c(C4CCN(C5CCOCC5)CC4)c3cc2C(C)C)cn2ncnc12. The summed E-state index contributed by atoms with van der Waals surface area (Å²) in [6, 6.07) is 7.57. The van der Waals surface area contributed by atoms with E-state index in [4.69, 9.17) is 9.84 Å². The molecule has 6 rings (SSSR count). The molecule has 0 amide bonds. The van der Waals surface area contributed by atoms with Crippen molar-refractivity contribution in [2.75, 3.05) is 26.3 Å². The molecule has 0 aliphatic carbocycles. The molecule has 7 heteroatoms. The number of rotatable bonds is 4. The summed E-state index contributed by atoms with van der Waals surface area (Å²) in [4.78, 5) is 7.07. The second-order valence-corrected chi connectivity index (χ2v) is 10.3. The molecule has 34 heavy (non-hydrogen) atoms. The van der Waals surface area contributed by atoms with Crippen molar-refractivity contribution >= 4 is 16.6 Å². The lowest BCUT2D eigenvalue weighted by Crippen LogP contribution is -2.43. The quantitative estimate of drug-likeness (QED) is 0.463. The van der Waals surface area contributed by atoms with E-state index in [0.717, 1.165) is 35.5 Å². The number of nitrogens with zero attached hydrogens (tertiary/aromatic N) is 5. The Labute approximate surface area is 200 Å². The second kappa shape index (κ2) is 8.78. The first-order valence-electron chi connectivity index (χ1n) is 12.7. The van der Waals surface area contributed by atoms with Crippen LogP contribution in [-0.4, -0.2) is 62.0 Å². The van der Waals surface area contributed by atoms with Crippen molar-refractivity contribution in [1.29, 1.82) is 0 Å². The Morgan fingerprint density at radius 2 is 1.85 bits per heavy atom. The van der Waals surface area contributed by atoms with Crippen LogP contribution in [0.25, 0.3) is 27.7 Å². The maximum atomic E-state index is 5.57. The molecule has 2 aliphatic heterocycles. The van der Waals surface area contributed by atoms with Crippen molar-refractivity contribution in [3.63, 3.8) is 0 Å². The van der Waals surface area contributed by atoms with Gasteiger partial charge in [0.15, 0.2) is 5.65 Å². The zero-order valence-electron chi connectivity index (χ0n) is 20.4. The monoisotopic (exact) mass is 458 g/mol. The maximum Gasteiger partial charge on any atom is 0.158 e. The summed E-state index contributed by atoms with van der Waals surface area (Å²) >= 11 is 0. The lowest BCUT2D eigenvalue weighted by atomic mass is 9.87. The zero-order valence-corrected chi connectivity index (χ0v) is 20.4. The number of ether oxygens (including phenoxy) is 1. The van der Waals surface area contributed by atoms with Gasteiger partial charge in [0.1, 0.15) is 6.33 Å². The summed E-state index contributed by atoms with van der Waals surface area (Å²) in [6.07, 6.45) is 8.44. The van der Waals surface area contributed by atoms with Crippen molar-refractivity contribution in [2.24, 2.45) is 0 Å². The number of piperidine rings is 1. The first-order chi connectivity index (χ1) is 16.6. The molecule has 0 saturated carbocycles. The second-order valence-electron chi connectivity index (χ2n) is 10.3. The van der Waals surface area contributed by atoms with Gasteiger partial charge in [0.05, 0.1) is 5.52 Å². The van der Waals surface area contributed by atoms with Gasteiger partial charge in [-0.15, -0.1) is 0 Å². The van der Waals surface area contributed by atoms with Gasteiger partial charge in [0.25, 0.3) is 0 Å². The van der Waals surface area contributed by atoms with Crippen LogP contribution < -0.4 is 0 Å². The fraction of sp³-hybridized carbons (Fsp3) is 0.519. The van der Waals surface area contributed by atoms with E-state index in [0.29, 0.717) is 17.9 Å². The number of likely N-dealkylation sites (tertiary alicyclic amines) is 1. The average molecular weight is 459 g/mol. The van der Waals surface area contributed by atoms with Crippen molar-refractivity contribution in [3.8, 4) is 11.1 Å². The van der Waals surface area contributed by atoms with E-state index in [9.17, 15) is 0 Å². The van der Waals surface area contributed by atoms with Crippen LogP contribution in [-0.2, 0) is 4.74 Å². The van der Waals surface area contributed by atoms with Crippen LogP contribution in [0.1, 0.15) is 68.2 Å². The number of aromatic amines is 1. The first kappa shape index (κ1) is 21.7. The zero-order chi connectivity index (χ0) is 23.2. The predicted molar refractivity (Wildman–Crippen MR) is 134 cm³/mol. The highest BCUT2D eigenvalue weighted by Gasteiger charge is 2.29. The van der Waals surface area contributed by atoms with Crippen LogP contribution >= 0.6 is 0 Å². The van der Waals surface area contributed by atoms with Crippen LogP contribution in [0.4, 0.5) is 0 Å². The molecular weight excluding hydrogens is 424 g/mol. The van der Waals surface area contributed by atoms with Crippen molar-refractivity contribution < 1.29 is 4.74 Å². The third-order valence-electron chi connectivity index (χ3n) is 7.89. The van der Waals surface area contributed by atoms with Gasteiger partial charge in [-0.3, -0.25) is 5.10 Å². The molecule has 5 heterocycles. The van der Waals surface area contributed by atoms with Crippen molar-refractivity contribution in [3.05, 3.63) is 47.5 Å². The minimum Gasteiger partial charge on any atom is -0.381 e. The molecule has 0 atom stereocenters. The lowest BCUT2D eigenvalue weighted by Gasteiger charge is -2.39. The summed E-state index contributed by atoms with van der Waals surface area (Å²) < 4.78 is 7.44. The Morgan fingerprint density at radius 3 is 2.62 bits per heavy atom. The molecule has 0 bridgehead atoms. The lowest BCUT2D eigenvalue weighted by molar-refractivity contribution is 0.0251. The molecule has 0 radical (unpaired) electrons. The number of fused-ring (bicyclic) bond motifs is 2. The number of H-pyrrole nitrogens is 1. The van der Waals surface area contributed by atoms with Crippen LogP contribution in [0.2, 0.25) is 0 Å². The minimum absolute atomic E-state index is 0.407. The molecule has 3 aromatic heterocycles. The fourth-order valence-electron chi connectivity index (χ4n) is 5.98. The first-order valence-corrected chi connectivity index (χ1v) is 12.7. The normalized spacial score (nSPS) is 19.1. The molecular formula is C27H34N6O. The van der Waals surface area contributed by atoms with Gasteiger partial charge in [-0.05, 0) is 86.5 Å². The number of aromatic nitrogens is 5. The van der Waals surface area contributed by atoms with Gasteiger partial charge >= 0.3 is 0 Å². The van der Waals surface area contributed by atoms with E-state index in [2.05, 4.69) is 65.2 Å². The maximum absolute atomic E-state index is 5.57. The number of pyridine rings is 1. The van der Waals surface area contributed by atoms with E-state index < -0.39 is 0 Å². The Bertz CT molecular complexity index is 1310. The van der Waals surface area contributed by atoms with Crippen LogP contribution in [0, 0.1) is 6.92 Å². The highest BCUT2D eigenvalue weighted by molar-refractivity contribution is 5.89. The molecule has 1 aromatic carbocycles. The summed E-state index contributed by atoms with van der Waals surface area (Å²) in [7, 11) is 0. The fourth-order valence-corrected chi connectivity index (χ4v) is 5.98. The van der Waals surface area contributed by atoms with E-state index in [1.54, 1.807) is 6.33 Å². The number of nitrogens with one attached hydrogen (secondary N) is 1. The van der Waals surface area contributed by atoms with Crippen LogP contribution in [0.3, 0.4) is 0 Å². The van der Waals surface area contributed by atoms with Crippen molar-refractivity contribution in [1.82, 2.24) is 29.7 Å². The molecule has 0 unspecified atom stereocenters. The third kappa shape index (κ3) is 3.81. The van der Waals surface area contributed by atoms with E-state index in [1.165, 1.54) is 61.0 Å². The molecule has 178 valence electrons. The van der Waals surface area contributed by atoms with E-state index >= 15 is 0 Å². The van der Waals surface area contributed by atoms with Crippen LogP contribution in [0.15, 0.2) is 30.7 Å². The summed E-state index contributed by atoms with van der Waals surface area (Å²) in [6.45, 7) is 10.8. The van der Waals surface area contributed by atoms with Gasteiger partial charge in [0, 0.05) is 48.0 Å². The van der Waals surface area contributed by atoms with Crippen molar-refractivity contribution in [2.45, 2.75) is 64.3 Å². The smallest absolute Gasteiger partial charge is 0.158 e. The molecule has 2 aliphatic rings. The summed E-state index contributed by atoms with van der Waals surface area (Å²) in [5, 5.41) is 13.9. The molecule has 2 saturated heterocycles. The highest BCUT2D eigenvalue weighted by Crippen LogP contribution is 2.38. The number of aryl methyl sites for hydroxylation is 1. The molecule has 2 fully saturated rings. The Kier molecular flexibility index (Phi) is 5.62. The largest absolute Gasteiger partial charge is 0.381 e.